The zero-order chi connectivity index (χ0) is 12.3. The van der Waals surface area contributed by atoms with E-state index < -0.39 is 10.0 Å². The number of ether oxygens (including phenoxy) is 1. The Balaban J connectivity index is 2.12. The van der Waals surface area contributed by atoms with Gasteiger partial charge in [0.05, 0.1) is 18.6 Å². The van der Waals surface area contributed by atoms with Gasteiger partial charge in [-0.15, -0.1) is 0 Å². The Morgan fingerprint density at radius 3 is 3.00 bits per heavy atom. The molecule has 2 heterocycles. The van der Waals surface area contributed by atoms with Crippen LogP contribution in [-0.4, -0.2) is 48.5 Å². The van der Waals surface area contributed by atoms with Crippen molar-refractivity contribution in [1.29, 1.82) is 0 Å². The van der Waals surface area contributed by atoms with Gasteiger partial charge in [-0.05, 0) is 12.8 Å². The van der Waals surface area contributed by atoms with Gasteiger partial charge in [-0.3, -0.25) is 0 Å². The number of hydrogen-bond donors (Lipinski definition) is 1. The molecule has 0 aliphatic carbocycles. The standard InChI is InChI=1S/C10H17N3O3S/c1-2-13(7-9-4-3-5-16-9)17(14,15)10-6-11-8-12-10/h6,8-9H,2-5,7H2,1H3,(H,11,12). The number of aromatic amines is 1. The number of sulfonamides is 1. The maximum Gasteiger partial charge on any atom is 0.260 e. The molecule has 1 aromatic heterocycles. The molecule has 7 heteroatoms. The first kappa shape index (κ1) is 12.5. The highest BCUT2D eigenvalue weighted by atomic mass is 32.2. The second-order valence-corrected chi connectivity index (χ2v) is 5.91. The zero-order valence-corrected chi connectivity index (χ0v) is 10.6. The molecular formula is C10H17N3O3S. The normalized spacial score (nSPS) is 21.2. The van der Waals surface area contributed by atoms with Crippen LogP contribution in [0, 0.1) is 0 Å². The van der Waals surface area contributed by atoms with Crippen LogP contribution in [0.15, 0.2) is 17.6 Å². The van der Waals surface area contributed by atoms with Crippen molar-refractivity contribution in [2.24, 2.45) is 0 Å². The Morgan fingerprint density at radius 2 is 2.47 bits per heavy atom. The molecule has 0 bridgehead atoms. The highest BCUT2D eigenvalue weighted by Gasteiger charge is 2.28. The molecule has 1 fully saturated rings. The third kappa shape index (κ3) is 2.67. The van der Waals surface area contributed by atoms with Gasteiger partial charge in [-0.25, -0.2) is 13.4 Å². The number of nitrogens with zero attached hydrogens (tertiary/aromatic N) is 2. The van der Waals surface area contributed by atoms with Crippen LogP contribution in [0.3, 0.4) is 0 Å². The molecule has 1 N–H and O–H groups in total. The van der Waals surface area contributed by atoms with Crippen molar-refractivity contribution in [2.45, 2.75) is 30.9 Å². The van der Waals surface area contributed by atoms with Crippen molar-refractivity contribution < 1.29 is 13.2 Å². The Morgan fingerprint density at radius 1 is 1.65 bits per heavy atom. The molecule has 1 aromatic rings. The summed E-state index contributed by atoms with van der Waals surface area (Å²) in [7, 11) is -3.46. The number of H-pyrrole nitrogens is 1. The summed E-state index contributed by atoms with van der Waals surface area (Å²) in [6.45, 7) is 3.40. The fourth-order valence-electron chi connectivity index (χ4n) is 1.94. The van der Waals surface area contributed by atoms with Gasteiger partial charge in [-0.2, -0.15) is 4.31 Å². The third-order valence-corrected chi connectivity index (χ3v) is 4.74. The molecule has 2 rings (SSSR count). The van der Waals surface area contributed by atoms with Gasteiger partial charge >= 0.3 is 0 Å². The molecule has 1 unspecified atom stereocenters. The van der Waals surface area contributed by atoms with Crippen LogP contribution >= 0.6 is 0 Å². The first-order chi connectivity index (χ1) is 8.14. The van der Waals surface area contributed by atoms with Gasteiger partial charge in [-0.1, -0.05) is 6.92 Å². The lowest BCUT2D eigenvalue weighted by Gasteiger charge is -2.22. The van der Waals surface area contributed by atoms with Crippen molar-refractivity contribution in [3.63, 3.8) is 0 Å². The fourth-order valence-corrected chi connectivity index (χ4v) is 3.31. The number of aromatic nitrogens is 2. The summed E-state index contributed by atoms with van der Waals surface area (Å²) in [5.41, 5.74) is 0. The van der Waals surface area contributed by atoms with Crippen LogP contribution in [0.5, 0.6) is 0 Å². The lowest BCUT2D eigenvalue weighted by molar-refractivity contribution is 0.0946. The number of imidazole rings is 1. The summed E-state index contributed by atoms with van der Waals surface area (Å²) in [5.74, 6) is 0. The summed E-state index contributed by atoms with van der Waals surface area (Å²) in [4.78, 5) is 6.38. The molecule has 17 heavy (non-hydrogen) atoms. The van der Waals surface area contributed by atoms with E-state index in [0.29, 0.717) is 13.1 Å². The van der Waals surface area contributed by atoms with E-state index in [1.54, 1.807) is 0 Å². The lowest BCUT2D eigenvalue weighted by Crippen LogP contribution is -2.37. The van der Waals surface area contributed by atoms with Crippen molar-refractivity contribution in [3.05, 3.63) is 12.5 Å². The Bertz CT molecular complexity index is 437. The van der Waals surface area contributed by atoms with Crippen LogP contribution in [0.25, 0.3) is 0 Å². The summed E-state index contributed by atoms with van der Waals surface area (Å²) in [5, 5.41) is 0.136. The number of hydrogen-bond acceptors (Lipinski definition) is 4. The topological polar surface area (TPSA) is 75.3 Å². The molecule has 1 atom stereocenters. The van der Waals surface area contributed by atoms with E-state index in [9.17, 15) is 8.42 Å². The maximum absolute atomic E-state index is 12.2. The van der Waals surface area contributed by atoms with E-state index in [-0.39, 0.29) is 11.1 Å². The van der Waals surface area contributed by atoms with Crippen LogP contribution in [0.2, 0.25) is 0 Å². The Kier molecular flexibility index (Phi) is 3.80. The predicted molar refractivity (Wildman–Crippen MR) is 62.0 cm³/mol. The van der Waals surface area contributed by atoms with E-state index in [0.717, 1.165) is 19.4 Å². The third-order valence-electron chi connectivity index (χ3n) is 2.87. The molecular weight excluding hydrogens is 242 g/mol. The smallest absolute Gasteiger partial charge is 0.260 e. The maximum atomic E-state index is 12.2. The van der Waals surface area contributed by atoms with E-state index in [1.165, 1.54) is 16.8 Å². The minimum Gasteiger partial charge on any atom is -0.377 e. The molecule has 0 radical (unpaired) electrons. The molecule has 6 nitrogen and oxygen atoms in total. The van der Waals surface area contributed by atoms with Crippen LogP contribution in [-0.2, 0) is 14.8 Å². The molecule has 0 saturated carbocycles. The molecule has 1 saturated heterocycles. The fraction of sp³-hybridized carbons (Fsp3) is 0.700. The SMILES string of the molecule is CCN(CC1CCCO1)S(=O)(=O)c1cnc[nH]1. The second kappa shape index (κ2) is 5.16. The average Bonchev–Trinajstić information content (AvgIpc) is 2.98. The number of nitrogens with one attached hydrogen (secondary N) is 1. The summed E-state index contributed by atoms with van der Waals surface area (Å²) >= 11 is 0. The molecule has 0 aromatic carbocycles. The summed E-state index contributed by atoms with van der Waals surface area (Å²) < 4.78 is 31.3. The van der Waals surface area contributed by atoms with Crippen molar-refractivity contribution in [2.75, 3.05) is 19.7 Å². The largest absolute Gasteiger partial charge is 0.377 e. The van der Waals surface area contributed by atoms with Crippen molar-refractivity contribution in [3.8, 4) is 0 Å². The van der Waals surface area contributed by atoms with Crippen LogP contribution in [0.1, 0.15) is 19.8 Å². The highest BCUT2D eigenvalue weighted by Crippen LogP contribution is 2.18. The minimum absolute atomic E-state index is 0.0210. The van der Waals surface area contributed by atoms with Crippen LogP contribution < -0.4 is 0 Å². The van der Waals surface area contributed by atoms with E-state index >= 15 is 0 Å². The van der Waals surface area contributed by atoms with Gasteiger partial charge in [0.1, 0.15) is 0 Å². The van der Waals surface area contributed by atoms with Crippen LogP contribution in [0.4, 0.5) is 0 Å². The zero-order valence-electron chi connectivity index (χ0n) is 9.80. The van der Waals surface area contributed by atoms with Gasteiger partial charge < -0.3 is 9.72 Å². The predicted octanol–water partition coefficient (Wildman–Crippen LogP) is 0.599. The van der Waals surface area contributed by atoms with Crippen molar-refractivity contribution >= 4 is 10.0 Å². The summed E-state index contributed by atoms with van der Waals surface area (Å²) in [6, 6.07) is 0. The van der Waals surface area contributed by atoms with Gasteiger partial charge in [0.2, 0.25) is 0 Å². The minimum atomic E-state index is -3.46. The Hall–Kier alpha value is -0.920. The van der Waals surface area contributed by atoms with Gasteiger partial charge in [0.15, 0.2) is 5.03 Å². The highest BCUT2D eigenvalue weighted by molar-refractivity contribution is 7.89. The average molecular weight is 259 g/mol. The van der Waals surface area contributed by atoms with Crippen molar-refractivity contribution in [1.82, 2.24) is 14.3 Å². The first-order valence-corrected chi connectivity index (χ1v) is 7.18. The lowest BCUT2D eigenvalue weighted by atomic mass is 10.2. The van der Waals surface area contributed by atoms with E-state index in [1.807, 2.05) is 6.92 Å². The Labute approximate surface area is 101 Å². The number of rotatable bonds is 5. The van der Waals surface area contributed by atoms with E-state index in [2.05, 4.69) is 9.97 Å². The molecule has 0 amide bonds. The van der Waals surface area contributed by atoms with Gasteiger partial charge in [0.25, 0.3) is 10.0 Å². The monoisotopic (exact) mass is 259 g/mol. The molecule has 1 aliphatic rings. The molecule has 0 spiro atoms. The van der Waals surface area contributed by atoms with Gasteiger partial charge in [0, 0.05) is 19.7 Å². The van der Waals surface area contributed by atoms with E-state index in [4.69, 9.17) is 4.74 Å². The second-order valence-electron chi connectivity index (χ2n) is 4.01. The number of likely N-dealkylation sites (N-methyl/N-ethyl adjacent to an activating group) is 1. The molecule has 1 aliphatic heterocycles. The quantitative estimate of drug-likeness (QED) is 0.840. The molecule has 96 valence electrons. The summed E-state index contributed by atoms with van der Waals surface area (Å²) in [6.07, 6.45) is 4.65. The first-order valence-electron chi connectivity index (χ1n) is 5.74.